The number of fused-ring (bicyclic) bond motifs is 6. The first-order valence-corrected chi connectivity index (χ1v) is 20.9. The fourth-order valence-corrected chi connectivity index (χ4v) is 9.30. The van der Waals surface area contributed by atoms with Gasteiger partial charge in [-0.2, -0.15) is 0 Å². The van der Waals surface area contributed by atoms with E-state index in [0.717, 1.165) is 45.0 Å². The molecule has 1 aliphatic carbocycles. The van der Waals surface area contributed by atoms with Crippen molar-refractivity contribution in [3.8, 4) is 56.4 Å². The van der Waals surface area contributed by atoms with Gasteiger partial charge in [-0.25, -0.2) is 15.0 Å². The van der Waals surface area contributed by atoms with Gasteiger partial charge in [0.2, 0.25) is 0 Å². The Morgan fingerprint density at radius 3 is 1.89 bits per heavy atom. The predicted octanol–water partition coefficient (Wildman–Crippen LogP) is 14.7. The second-order valence-electron chi connectivity index (χ2n) is 16.0. The summed E-state index contributed by atoms with van der Waals surface area (Å²) >= 11 is 0. The number of nitrogens with zero attached hydrogens (tertiary/aromatic N) is 3. The number of hydrogen-bond donors (Lipinski definition) is 0. The van der Waals surface area contributed by atoms with Crippen LogP contribution in [-0.4, -0.2) is 15.0 Å². The molecule has 0 saturated heterocycles. The van der Waals surface area contributed by atoms with Crippen molar-refractivity contribution in [2.24, 2.45) is 0 Å². The molecule has 1 aliphatic rings. The summed E-state index contributed by atoms with van der Waals surface area (Å²) in [4.78, 5) is 15.0. The number of para-hydroxylation sites is 1. The van der Waals surface area contributed by atoms with Crippen LogP contribution in [0.5, 0.6) is 0 Å². The highest BCUT2D eigenvalue weighted by atomic mass is 16.3. The van der Waals surface area contributed by atoms with Crippen LogP contribution in [0, 0.1) is 6.92 Å². The first kappa shape index (κ1) is 36.4. The fourth-order valence-electron chi connectivity index (χ4n) is 9.30. The number of benzene rings is 8. The van der Waals surface area contributed by atoms with Gasteiger partial charge in [0.25, 0.3) is 0 Å². The third-order valence-corrected chi connectivity index (χ3v) is 12.2. The summed E-state index contributed by atoms with van der Waals surface area (Å²) < 4.78 is 6.75. The molecule has 0 fully saturated rings. The van der Waals surface area contributed by atoms with Gasteiger partial charge in [0.05, 0.1) is 5.56 Å². The molecule has 0 bridgehead atoms. The monoisotopic (exact) mass is 783 g/mol. The maximum atomic E-state index is 6.75. The SMILES string of the molecule is CC(=Cc1ccccc1)c1c(-c2ccccc2C)ccc2c1-c1ccccc1C(c1ccc3oc4c(-c5nc(-c6ccccc6)nc(-c6ccccc6)n5)cccc4c3c1)C2. The Balaban J connectivity index is 1.04. The van der Waals surface area contributed by atoms with E-state index in [9.17, 15) is 0 Å². The van der Waals surface area contributed by atoms with Crippen LogP contribution in [0.3, 0.4) is 0 Å². The van der Waals surface area contributed by atoms with Crippen LogP contribution in [0.25, 0.3) is 90.0 Å². The average Bonchev–Trinajstić information content (AvgIpc) is 3.70. The molecule has 0 radical (unpaired) electrons. The molecule has 0 aliphatic heterocycles. The third-order valence-electron chi connectivity index (χ3n) is 12.2. The second kappa shape index (κ2) is 15.2. The Kier molecular flexibility index (Phi) is 9.05. The molecule has 290 valence electrons. The molecular weight excluding hydrogens is 743 g/mol. The summed E-state index contributed by atoms with van der Waals surface area (Å²) in [6.45, 7) is 4.48. The molecule has 0 saturated carbocycles. The van der Waals surface area contributed by atoms with Crippen LogP contribution in [0.4, 0.5) is 0 Å². The molecule has 4 heteroatoms. The van der Waals surface area contributed by atoms with Gasteiger partial charge in [-0.3, -0.25) is 0 Å². The van der Waals surface area contributed by atoms with Gasteiger partial charge in [0.15, 0.2) is 17.5 Å². The summed E-state index contributed by atoms with van der Waals surface area (Å²) in [6, 6.07) is 66.4. The fraction of sp³-hybridized carbons (Fsp3) is 0.0702. The maximum Gasteiger partial charge on any atom is 0.167 e. The normalized spacial score (nSPS) is 13.6. The summed E-state index contributed by atoms with van der Waals surface area (Å²) in [7, 11) is 0. The summed E-state index contributed by atoms with van der Waals surface area (Å²) in [5, 5.41) is 2.11. The quantitative estimate of drug-likeness (QED) is 0.151. The summed E-state index contributed by atoms with van der Waals surface area (Å²) in [5.41, 5.74) is 18.4. The van der Waals surface area contributed by atoms with E-state index in [1.165, 1.54) is 61.2 Å². The van der Waals surface area contributed by atoms with Crippen molar-refractivity contribution in [1.29, 1.82) is 0 Å². The van der Waals surface area contributed by atoms with Crippen LogP contribution in [0.1, 0.15) is 46.2 Å². The number of allylic oxidation sites excluding steroid dienone is 1. The van der Waals surface area contributed by atoms with Crippen LogP contribution >= 0.6 is 0 Å². The molecule has 2 aromatic heterocycles. The van der Waals surface area contributed by atoms with E-state index in [0.29, 0.717) is 17.5 Å². The minimum Gasteiger partial charge on any atom is -0.455 e. The smallest absolute Gasteiger partial charge is 0.167 e. The first-order chi connectivity index (χ1) is 30.1. The zero-order chi connectivity index (χ0) is 40.9. The highest BCUT2D eigenvalue weighted by Crippen LogP contribution is 2.49. The molecule has 61 heavy (non-hydrogen) atoms. The van der Waals surface area contributed by atoms with E-state index in [1.807, 2.05) is 60.7 Å². The Morgan fingerprint density at radius 2 is 1.16 bits per heavy atom. The van der Waals surface area contributed by atoms with Gasteiger partial charge in [-0.05, 0) is 99.7 Å². The van der Waals surface area contributed by atoms with E-state index in [-0.39, 0.29) is 5.92 Å². The van der Waals surface area contributed by atoms with Gasteiger partial charge in [0, 0.05) is 27.8 Å². The topological polar surface area (TPSA) is 51.8 Å². The predicted molar refractivity (Wildman–Crippen MR) is 251 cm³/mol. The van der Waals surface area contributed by atoms with Crippen LogP contribution < -0.4 is 0 Å². The third kappa shape index (κ3) is 6.54. The molecule has 2 heterocycles. The highest BCUT2D eigenvalue weighted by Gasteiger charge is 2.30. The molecule has 1 unspecified atom stereocenters. The van der Waals surface area contributed by atoms with Crippen molar-refractivity contribution in [2.75, 3.05) is 0 Å². The Bertz CT molecular complexity index is 3240. The largest absolute Gasteiger partial charge is 0.455 e. The van der Waals surface area contributed by atoms with Crippen molar-refractivity contribution in [2.45, 2.75) is 26.2 Å². The molecule has 8 aromatic carbocycles. The molecule has 11 rings (SSSR count). The number of aromatic nitrogens is 3. The van der Waals surface area contributed by atoms with Crippen LogP contribution in [-0.2, 0) is 6.42 Å². The highest BCUT2D eigenvalue weighted by molar-refractivity contribution is 6.09. The molecule has 0 N–H and O–H groups in total. The van der Waals surface area contributed by atoms with Crippen molar-refractivity contribution in [3.63, 3.8) is 0 Å². The van der Waals surface area contributed by atoms with Crippen LogP contribution in [0.15, 0.2) is 192 Å². The van der Waals surface area contributed by atoms with E-state index in [1.54, 1.807) is 0 Å². The zero-order valence-corrected chi connectivity index (χ0v) is 34.0. The lowest BCUT2D eigenvalue weighted by Gasteiger charge is -2.31. The molecule has 10 aromatic rings. The lowest BCUT2D eigenvalue weighted by molar-refractivity contribution is 0.669. The van der Waals surface area contributed by atoms with E-state index in [2.05, 4.69) is 147 Å². The average molecular weight is 784 g/mol. The van der Waals surface area contributed by atoms with E-state index < -0.39 is 0 Å². The lowest BCUT2D eigenvalue weighted by Crippen LogP contribution is -2.14. The standard InChI is InChI=1S/C57H41N3O/c1-36-17-12-13-24-43(36)46-31-29-42-35-49(44-25-14-15-26-45(44)53(42)52(46)37(2)33-38-18-6-3-7-19-38)41-30-32-51-50(34-41)47-27-16-28-48(54(47)61-51)57-59-55(39-20-8-4-9-21-39)58-56(60-57)40-22-10-5-11-23-40/h3-34,49H,35H2,1-2H3. The van der Waals surface area contributed by atoms with Gasteiger partial charge in [0.1, 0.15) is 11.2 Å². The Labute approximate surface area is 355 Å². The number of hydrogen-bond acceptors (Lipinski definition) is 4. The van der Waals surface area contributed by atoms with E-state index in [4.69, 9.17) is 19.4 Å². The van der Waals surface area contributed by atoms with Gasteiger partial charge in [-0.15, -0.1) is 0 Å². The van der Waals surface area contributed by atoms with Gasteiger partial charge in [-0.1, -0.05) is 176 Å². The summed E-state index contributed by atoms with van der Waals surface area (Å²) in [5.74, 6) is 1.97. The van der Waals surface area contributed by atoms with Crippen LogP contribution in [0.2, 0.25) is 0 Å². The van der Waals surface area contributed by atoms with Crippen molar-refractivity contribution in [1.82, 2.24) is 15.0 Å². The van der Waals surface area contributed by atoms with Crippen molar-refractivity contribution in [3.05, 3.63) is 221 Å². The second-order valence-corrected chi connectivity index (χ2v) is 16.0. The lowest BCUT2D eigenvalue weighted by atomic mass is 9.72. The van der Waals surface area contributed by atoms with E-state index >= 15 is 0 Å². The maximum absolute atomic E-state index is 6.75. The van der Waals surface area contributed by atoms with Gasteiger partial charge >= 0.3 is 0 Å². The molecular formula is C57H41N3O. The van der Waals surface area contributed by atoms with Crippen molar-refractivity contribution >= 4 is 33.6 Å². The number of rotatable bonds is 7. The Morgan fingerprint density at radius 1 is 0.541 bits per heavy atom. The first-order valence-electron chi connectivity index (χ1n) is 20.9. The summed E-state index contributed by atoms with van der Waals surface area (Å²) in [6.07, 6.45) is 3.22. The minimum absolute atomic E-state index is 0.155. The molecule has 4 nitrogen and oxygen atoms in total. The number of furan rings is 1. The molecule has 1 atom stereocenters. The molecule has 0 spiro atoms. The van der Waals surface area contributed by atoms with Crippen molar-refractivity contribution < 1.29 is 4.42 Å². The Hall–Kier alpha value is -7.69. The minimum atomic E-state index is 0.155. The zero-order valence-electron chi connectivity index (χ0n) is 34.0. The van der Waals surface area contributed by atoms with Gasteiger partial charge < -0.3 is 4.42 Å². The number of aryl methyl sites for hydroxylation is 1. The molecule has 0 amide bonds.